The van der Waals surface area contributed by atoms with Gasteiger partial charge in [0.05, 0.1) is 6.54 Å². The quantitative estimate of drug-likeness (QED) is 0.870. The molecule has 0 spiro atoms. The number of piperidine rings is 1. The molecule has 0 saturated carbocycles. The Kier molecular flexibility index (Phi) is 6.01. The summed E-state index contributed by atoms with van der Waals surface area (Å²) in [4.78, 5) is 16.4. The molecule has 0 aliphatic carbocycles. The van der Waals surface area contributed by atoms with Gasteiger partial charge in [-0.05, 0) is 60.7 Å². The van der Waals surface area contributed by atoms with Crippen LogP contribution in [-0.2, 0) is 11.3 Å². The molecule has 1 atom stereocenters. The lowest BCUT2D eigenvalue weighted by Crippen LogP contribution is -2.43. The van der Waals surface area contributed by atoms with Crippen molar-refractivity contribution < 1.29 is 4.79 Å². The van der Waals surface area contributed by atoms with E-state index >= 15 is 0 Å². The number of likely N-dealkylation sites (N-methyl/N-ethyl adjacent to an activating group) is 1. The number of thiophene rings is 1. The first-order chi connectivity index (χ1) is 9.69. The number of hydrogen-bond donors (Lipinski definition) is 1. The number of carbonyl (C=O) groups excluding carboxylic acids is 1. The Morgan fingerprint density at radius 2 is 2.45 bits per heavy atom. The van der Waals surface area contributed by atoms with Crippen molar-refractivity contribution in [2.75, 3.05) is 33.2 Å². The molecule has 1 aromatic heterocycles. The van der Waals surface area contributed by atoms with E-state index in [1.54, 1.807) is 11.3 Å². The highest BCUT2D eigenvalue weighted by molar-refractivity contribution is 7.07. The summed E-state index contributed by atoms with van der Waals surface area (Å²) in [6, 6.07) is 2.08. The van der Waals surface area contributed by atoms with Gasteiger partial charge in [-0.3, -0.25) is 9.69 Å². The van der Waals surface area contributed by atoms with Crippen LogP contribution in [0, 0.1) is 5.92 Å². The van der Waals surface area contributed by atoms with Crippen LogP contribution in [0.2, 0.25) is 0 Å². The first-order valence-electron chi connectivity index (χ1n) is 7.36. The lowest BCUT2D eigenvalue weighted by Gasteiger charge is -2.33. The van der Waals surface area contributed by atoms with Crippen molar-refractivity contribution in [2.24, 2.45) is 11.7 Å². The van der Waals surface area contributed by atoms with Crippen molar-refractivity contribution in [1.29, 1.82) is 0 Å². The average molecular weight is 295 g/mol. The van der Waals surface area contributed by atoms with Gasteiger partial charge in [0.25, 0.3) is 0 Å². The smallest absolute Gasteiger partial charge is 0.236 e. The first kappa shape index (κ1) is 15.5. The van der Waals surface area contributed by atoms with E-state index in [-0.39, 0.29) is 5.91 Å². The van der Waals surface area contributed by atoms with Crippen molar-refractivity contribution in [3.63, 3.8) is 0 Å². The monoisotopic (exact) mass is 295 g/mol. The van der Waals surface area contributed by atoms with Gasteiger partial charge in [-0.15, -0.1) is 0 Å². The van der Waals surface area contributed by atoms with Crippen LogP contribution in [-0.4, -0.2) is 48.9 Å². The van der Waals surface area contributed by atoms with Gasteiger partial charge in [-0.2, -0.15) is 11.3 Å². The van der Waals surface area contributed by atoms with Crippen LogP contribution in [0.3, 0.4) is 0 Å². The Morgan fingerprint density at radius 3 is 3.15 bits per heavy atom. The number of carbonyl (C=O) groups is 1. The fraction of sp³-hybridized carbons (Fsp3) is 0.667. The lowest BCUT2D eigenvalue weighted by atomic mass is 9.95. The Balaban J connectivity index is 1.78. The Labute approximate surface area is 125 Å². The molecule has 4 nitrogen and oxygen atoms in total. The number of likely N-dealkylation sites (tertiary alicyclic amines) is 1. The molecule has 1 unspecified atom stereocenters. The third-order valence-corrected chi connectivity index (χ3v) is 4.69. The van der Waals surface area contributed by atoms with Crippen molar-refractivity contribution >= 4 is 17.2 Å². The van der Waals surface area contributed by atoms with Crippen LogP contribution < -0.4 is 5.73 Å². The number of hydrogen-bond acceptors (Lipinski definition) is 4. The summed E-state index contributed by atoms with van der Waals surface area (Å²) in [5.74, 6) is 0.883. The molecule has 1 saturated heterocycles. The van der Waals surface area contributed by atoms with E-state index in [0.29, 0.717) is 19.0 Å². The molecular formula is C15H25N3OS. The van der Waals surface area contributed by atoms with E-state index in [1.165, 1.54) is 18.4 Å². The Morgan fingerprint density at radius 1 is 1.60 bits per heavy atom. The summed E-state index contributed by atoms with van der Waals surface area (Å²) in [6.07, 6.45) is 3.52. The predicted molar refractivity (Wildman–Crippen MR) is 83.6 cm³/mol. The average Bonchev–Trinajstić information content (AvgIpc) is 2.92. The molecule has 0 radical (unpaired) electrons. The molecule has 0 aromatic carbocycles. The minimum atomic E-state index is 0.213. The van der Waals surface area contributed by atoms with E-state index < -0.39 is 0 Å². The second kappa shape index (κ2) is 7.76. The summed E-state index contributed by atoms with van der Waals surface area (Å²) in [5, 5.41) is 4.15. The highest BCUT2D eigenvalue weighted by atomic mass is 32.1. The van der Waals surface area contributed by atoms with Gasteiger partial charge < -0.3 is 10.6 Å². The second-order valence-electron chi connectivity index (χ2n) is 5.70. The maximum Gasteiger partial charge on any atom is 0.236 e. The van der Waals surface area contributed by atoms with Crippen LogP contribution in [0.1, 0.15) is 24.8 Å². The summed E-state index contributed by atoms with van der Waals surface area (Å²) in [5.41, 5.74) is 6.85. The zero-order valence-electron chi connectivity index (χ0n) is 12.3. The maximum atomic E-state index is 12.3. The minimum Gasteiger partial charge on any atom is -0.340 e. The highest BCUT2D eigenvalue weighted by Crippen LogP contribution is 2.19. The molecule has 0 bridgehead atoms. The van der Waals surface area contributed by atoms with Crippen LogP contribution in [0.25, 0.3) is 0 Å². The SMILES string of the molecule is CN(Cc1ccsc1)C(=O)CN1CCCC(CCN)C1. The van der Waals surface area contributed by atoms with Crippen LogP contribution in [0.15, 0.2) is 16.8 Å². The molecule has 5 heteroatoms. The second-order valence-corrected chi connectivity index (χ2v) is 6.48. The van der Waals surface area contributed by atoms with Crippen molar-refractivity contribution in [3.8, 4) is 0 Å². The van der Waals surface area contributed by atoms with Gasteiger partial charge in [-0.25, -0.2) is 0 Å². The molecule has 112 valence electrons. The molecule has 1 fully saturated rings. The zero-order chi connectivity index (χ0) is 14.4. The van der Waals surface area contributed by atoms with Crippen molar-refractivity contribution in [1.82, 2.24) is 9.80 Å². The Bertz CT molecular complexity index is 405. The highest BCUT2D eigenvalue weighted by Gasteiger charge is 2.22. The standard InChI is InChI=1S/C15H25N3OS/c1-17(9-14-5-8-20-12-14)15(19)11-18-7-2-3-13(10-18)4-6-16/h5,8,12-13H,2-4,6-7,9-11,16H2,1H3. The normalized spacial score (nSPS) is 20.0. The lowest BCUT2D eigenvalue weighted by molar-refractivity contribution is -0.132. The number of rotatable bonds is 6. The van der Waals surface area contributed by atoms with Crippen LogP contribution >= 0.6 is 11.3 Å². The van der Waals surface area contributed by atoms with E-state index in [4.69, 9.17) is 5.73 Å². The van der Waals surface area contributed by atoms with Crippen molar-refractivity contribution in [3.05, 3.63) is 22.4 Å². The molecule has 20 heavy (non-hydrogen) atoms. The van der Waals surface area contributed by atoms with Gasteiger partial charge in [-0.1, -0.05) is 0 Å². The predicted octanol–water partition coefficient (Wildman–Crippen LogP) is 1.77. The van der Waals surface area contributed by atoms with E-state index in [0.717, 1.165) is 26.1 Å². The summed E-state index contributed by atoms with van der Waals surface area (Å²) in [7, 11) is 1.89. The molecule has 1 aliphatic rings. The van der Waals surface area contributed by atoms with Gasteiger partial charge >= 0.3 is 0 Å². The van der Waals surface area contributed by atoms with Gasteiger partial charge in [0.15, 0.2) is 0 Å². The molecule has 2 N–H and O–H groups in total. The molecule has 2 rings (SSSR count). The number of nitrogens with zero attached hydrogens (tertiary/aromatic N) is 2. The first-order valence-corrected chi connectivity index (χ1v) is 8.30. The van der Waals surface area contributed by atoms with Gasteiger partial charge in [0, 0.05) is 20.1 Å². The molecule has 1 amide bonds. The molecular weight excluding hydrogens is 270 g/mol. The van der Waals surface area contributed by atoms with Gasteiger partial charge in [0.2, 0.25) is 5.91 Å². The zero-order valence-corrected chi connectivity index (χ0v) is 13.1. The van der Waals surface area contributed by atoms with Crippen molar-refractivity contribution in [2.45, 2.75) is 25.8 Å². The largest absolute Gasteiger partial charge is 0.340 e. The van der Waals surface area contributed by atoms with E-state index in [1.807, 2.05) is 11.9 Å². The maximum absolute atomic E-state index is 12.3. The number of amides is 1. The molecule has 1 aromatic rings. The van der Waals surface area contributed by atoms with E-state index in [2.05, 4.69) is 21.7 Å². The molecule has 2 heterocycles. The summed E-state index contributed by atoms with van der Waals surface area (Å²) < 4.78 is 0. The minimum absolute atomic E-state index is 0.213. The Hall–Kier alpha value is -0.910. The third-order valence-electron chi connectivity index (χ3n) is 3.96. The molecule has 1 aliphatic heterocycles. The van der Waals surface area contributed by atoms with Crippen LogP contribution in [0.5, 0.6) is 0 Å². The van der Waals surface area contributed by atoms with Gasteiger partial charge in [0.1, 0.15) is 0 Å². The van der Waals surface area contributed by atoms with Crippen LogP contribution in [0.4, 0.5) is 0 Å². The van der Waals surface area contributed by atoms with E-state index in [9.17, 15) is 4.79 Å². The number of nitrogens with two attached hydrogens (primary N) is 1. The fourth-order valence-electron chi connectivity index (χ4n) is 2.82. The summed E-state index contributed by atoms with van der Waals surface area (Å²) >= 11 is 1.67. The topological polar surface area (TPSA) is 49.6 Å². The summed E-state index contributed by atoms with van der Waals surface area (Å²) in [6.45, 7) is 4.07. The third kappa shape index (κ3) is 4.58. The fourth-order valence-corrected chi connectivity index (χ4v) is 3.48.